The molecule has 24 heavy (non-hydrogen) atoms. The van der Waals surface area contributed by atoms with Crippen molar-refractivity contribution in [1.82, 2.24) is 10.9 Å². The van der Waals surface area contributed by atoms with Crippen molar-refractivity contribution >= 4 is 27.7 Å². The van der Waals surface area contributed by atoms with Crippen LogP contribution in [0, 0.1) is 5.92 Å². The lowest BCUT2D eigenvalue weighted by Crippen LogP contribution is -2.41. The fourth-order valence-electron chi connectivity index (χ4n) is 2.44. The highest BCUT2D eigenvalue weighted by atomic mass is 32.2. The molecule has 1 aliphatic rings. The van der Waals surface area contributed by atoms with Gasteiger partial charge in [0.25, 0.3) is 5.91 Å². The van der Waals surface area contributed by atoms with Gasteiger partial charge in [-0.05, 0) is 36.1 Å². The maximum Gasteiger partial charge on any atom is 0.262 e. The summed E-state index contributed by atoms with van der Waals surface area (Å²) < 4.78 is 27.8. The van der Waals surface area contributed by atoms with Crippen molar-refractivity contribution in [1.29, 1.82) is 0 Å². The molecule has 2 amide bonds. The fourth-order valence-corrected chi connectivity index (χ4v) is 4.30. The second-order valence-corrected chi connectivity index (χ2v) is 7.85. The molecule has 0 aromatic heterocycles. The lowest BCUT2D eigenvalue weighted by molar-refractivity contribution is -0.127. The molecule has 2 rings (SSSR count). The van der Waals surface area contributed by atoms with E-state index < -0.39 is 21.7 Å². The van der Waals surface area contributed by atoms with Crippen LogP contribution in [0.4, 0.5) is 0 Å². The van der Waals surface area contributed by atoms with Crippen LogP contribution in [-0.4, -0.2) is 38.8 Å². The number of sulfone groups is 1. The number of hydrogen-bond donors (Lipinski definition) is 2. The monoisotopic (exact) mass is 352 g/mol. The van der Waals surface area contributed by atoms with E-state index in [2.05, 4.69) is 10.9 Å². The van der Waals surface area contributed by atoms with Gasteiger partial charge in [-0.3, -0.25) is 20.4 Å². The predicted molar refractivity (Wildman–Crippen MR) is 89.7 cm³/mol. The first-order valence-corrected chi connectivity index (χ1v) is 9.31. The summed E-state index contributed by atoms with van der Waals surface area (Å²) in [5.41, 5.74) is 5.34. The molecule has 0 bridgehead atoms. The summed E-state index contributed by atoms with van der Waals surface area (Å²) in [5, 5.41) is 0. The van der Waals surface area contributed by atoms with Gasteiger partial charge >= 0.3 is 0 Å². The van der Waals surface area contributed by atoms with E-state index >= 15 is 0 Å². The summed E-state index contributed by atoms with van der Waals surface area (Å²) in [7, 11) is -1.45. The third-order valence-electron chi connectivity index (χ3n) is 3.65. The molecule has 1 unspecified atom stereocenters. The Morgan fingerprint density at radius 2 is 2.12 bits per heavy atom. The van der Waals surface area contributed by atoms with Crippen molar-refractivity contribution in [2.75, 3.05) is 18.6 Å². The molecule has 0 radical (unpaired) electrons. The van der Waals surface area contributed by atoms with Crippen molar-refractivity contribution in [2.24, 2.45) is 5.92 Å². The first-order chi connectivity index (χ1) is 11.4. The Kier molecular flexibility index (Phi) is 5.97. The molecule has 1 saturated heterocycles. The fraction of sp³-hybridized carbons (Fsp3) is 0.375. The third kappa shape index (κ3) is 5.69. The van der Waals surface area contributed by atoms with Gasteiger partial charge in [0.05, 0.1) is 18.6 Å². The first kappa shape index (κ1) is 18.0. The van der Waals surface area contributed by atoms with Crippen molar-refractivity contribution in [3.05, 3.63) is 35.9 Å². The molecular weight excluding hydrogens is 332 g/mol. The van der Waals surface area contributed by atoms with Gasteiger partial charge in [-0.2, -0.15) is 0 Å². The first-order valence-electron chi connectivity index (χ1n) is 7.49. The van der Waals surface area contributed by atoms with E-state index in [9.17, 15) is 18.0 Å². The molecule has 0 spiro atoms. The van der Waals surface area contributed by atoms with Gasteiger partial charge in [0.1, 0.15) is 5.75 Å². The Morgan fingerprint density at radius 1 is 1.33 bits per heavy atom. The Bertz CT molecular complexity index is 743. The summed E-state index contributed by atoms with van der Waals surface area (Å²) >= 11 is 0. The molecule has 1 aromatic carbocycles. The van der Waals surface area contributed by atoms with Crippen molar-refractivity contribution < 1.29 is 22.7 Å². The van der Waals surface area contributed by atoms with E-state index in [1.807, 2.05) is 6.07 Å². The zero-order chi connectivity index (χ0) is 17.6. The Hall–Kier alpha value is -2.35. The lowest BCUT2D eigenvalue weighted by Gasteiger charge is -2.08. The summed E-state index contributed by atoms with van der Waals surface area (Å²) in [6.45, 7) is 0. The Morgan fingerprint density at radius 3 is 2.79 bits per heavy atom. The van der Waals surface area contributed by atoms with Crippen LogP contribution in [-0.2, 0) is 19.4 Å². The average molecular weight is 352 g/mol. The van der Waals surface area contributed by atoms with E-state index in [0.717, 1.165) is 5.56 Å². The quantitative estimate of drug-likeness (QED) is 0.599. The highest BCUT2D eigenvalue weighted by Gasteiger charge is 2.29. The molecule has 1 fully saturated rings. The van der Waals surface area contributed by atoms with Crippen LogP contribution in [0.1, 0.15) is 18.4 Å². The maximum absolute atomic E-state index is 11.7. The van der Waals surface area contributed by atoms with Crippen LogP contribution in [0.15, 0.2) is 30.3 Å². The summed E-state index contributed by atoms with van der Waals surface area (Å²) in [5.74, 6) is -0.230. The van der Waals surface area contributed by atoms with E-state index in [0.29, 0.717) is 12.2 Å². The number of benzene rings is 1. The minimum Gasteiger partial charge on any atom is -0.497 e. The number of hydrazine groups is 1. The Labute approximate surface area is 141 Å². The van der Waals surface area contributed by atoms with E-state index in [-0.39, 0.29) is 23.8 Å². The minimum atomic E-state index is -3.01. The van der Waals surface area contributed by atoms with Gasteiger partial charge < -0.3 is 4.74 Å². The predicted octanol–water partition coefficient (Wildman–Crippen LogP) is 0.681. The standard InChI is InChI=1S/C16H20N2O5S/c1-23-14-4-2-3-12(9-14)5-6-15(19)17-18-16(20)10-13-7-8-24(21,22)11-13/h2-6,9,13H,7-8,10-11H2,1H3,(H,17,19)(H,18,20)/b6-5+. The van der Waals surface area contributed by atoms with Crippen LogP contribution in [0.25, 0.3) is 6.08 Å². The van der Waals surface area contributed by atoms with E-state index in [1.54, 1.807) is 31.4 Å². The summed E-state index contributed by atoms with van der Waals surface area (Å²) in [6, 6.07) is 7.17. The van der Waals surface area contributed by atoms with E-state index in [1.165, 1.54) is 6.08 Å². The maximum atomic E-state index is 11.7. The second kappa shape index (κ2) is 7.96. The van der Waals surface area contributed by atoms with Crippen LogP contribution >= 0.6 is 0 Å². The van der Waals surface area contributed by atoms with Crippen molar-refractivity contribution in [3.8, 4) is 5.75 Å². The van der Waals surface area contributed by atoms with Gasteiger partial charge in [0.15, 0.2) is 9.84 Å². The number of rotatable bonds is 5. The van der Waals surface area contributed by atoms with Crippen molar-refractivity contribution in [3.63, 3.8) is 0 Å². The number of nitrogens with one attached hydrogen (secondary N) is 2. The van der Waals surface area contributed by atoms with E-state index in [4.69, 9.17) is 4.74 Å². The molecular formula is C16H20N2O5S. The topological polar surface area (TPSA) is 102 Å². The van der Waals surface area contributed by atoms with Gasteiger partial charge in [-0.25, -0.2) is 8.42 Å². The normalized spacial score (nSPS) is 19.1. The minimum absolute atomic E-state index is 0.0319. The molecule has 130 valence electrons. The zero-order valence-electron chi connectivity index (χ0n) is 13.3. The summed E-state index contributed by atoms with van der Waals surface area (Å²) in [4.78, 5) is 23.4. The molecule has 0 saturated carbocycles. The average Bonchev–Trinajstić information content (AvgIpc) is 2.89. The molecule has 1 heterocycles. The van der Waals surface area contributed by atoms with Crippen LogP contribution in [0.5, 0.6) is 5.75 Å². The van der Waals surface area contributed by atoms with Gasteiger partial charge in [0, 0.05) is 12.5 Å². The van der Waals surface area contributed by atoms with Crippen LogP contribution in [0.2, 0.25) is 0 Å². The molecule has 0 aliphatic carbocycles. The molecule has 1 atom stereocenters. The molecule has 1 aliphatic heterocycles. The number of carbonyl (C=O) groups is 2. The number of carbonyl (C=O) groups excluding carboxylic acids is 2. The molecule has 7 nitrogen and oxygen atoms in total. The summed E-state index contributed by atoms with van der Waals surface area (Å²) in [6.07, 6.45) is 3.45. The number of ether oxygens (including phenoxy) is 1. The smallest absolute Gasteiger partial charge is 0.262 e. The van der Waals surface area contributed by atoms with Gasteiger partial charge in [-0.1, -0.05) is 12.1 Å². The van der Waals surface area contributed by atoms with Crippen LogP contribution < -0.4 is 15.6 Å². The van der Waals surface area contributed by atoms with Gasteiger partial charge in [0.2, 0.25) is 5.91 Å². The molecule has 8 heteroatoms. The Balaban J connectivity index is 1.76. The molecule has 1 aromatic rings. The number of amides is 2. The van der Waals surface area contributed by atoms with Crippen molar-refractivity contribution in [2.45, 2.75) is 12.8 Å². The largest absolute Gasteiger partial charge is 0.497 e. The third-order valence-corrected chi connectivity index (χ3v) is 5.48. The molecule has 2 N–H and O–H groups in total. The van der Waals surface area contributed by atoms with Gasteiger partial charge in [-0.15, -0.1) is 0 Å². The highest BCUT2D eigenvalue weighted by molar-refractivity contribution is 7.91. The van der Waals surface area contributed by atoms with Crippen LogP contribution in [0.3, 0.4) is 0 Å². The number of hydrogen-bond acceptors (Lipinski definition) is 5. The number of methoxy groups -OCH3 is 1. The SMILES string of the molecule is COc1cccc(/C=C/C(=O)NNC(=O)CC2CCS(=O)(=O)C2)c1. The zero-order valence-corrected chi connectivity index (χ0v) is 14.1. The lowest BCUT2D eigenvalue weighted by atomic mass is 10.1. The second-order valence-electron chi connectivity index (χ2n) is 5.62. The highest BCUT2D eigenvalue weighted by Crippen LogP contribution is 2.21.